The van der Waals surface area contributed by atoms with Gasteiger partial charge in [-0.1, -0.05) is 6.07 Å². The fraction of sp³-hybridized carbons (Fsp3) is 0.385. The summed E-state index contributed by atoms with van der Waals surface area (Å²) in [5, 5.41) is 2.25. The zero-order valence-electron chi connectivity index (χ0n) is 10.5. The zero-order chi connectivity index (χ0) is 13.6. The SMILES string of the molecule is Cc1cccnc1CN1C(=O)NC(=O)C2(CC2)C1=O. The first-order valence-electron chi connectivity index (χ1n) is 6.12. The van der Waals surface area contributed by atoms with E-state index in [0.29, 0.717) is 18.5 Å². The van der Waals surface area contributed by atoms with E-state index in [0.717, 1.165) is 10.5 Å². The Morgan fingerprint density at radius 3 is 2.74 bits per heavy atom. The second-order valence-corrected chi connectivity index (χ2v) is 5.00. The van der Waals surface area contributed by atoms with Crippen molar-refractivity contribution in [1.29, 1.82) is 0 Å². The van der Waals surface area contributed by atoms with Crippen molar-refractivity contribution in [3.8, 4) is 0 Å². The molecule has 4 amide bonds. The van der Waals surface area contributed by atoms with E-state index in [1.807, 2.05) is 13.0 Å². The summed E-state index contributed by atoms with van der Waals surface area (Å²) < 4.78 is 0. The van der Waals surface area contributed by atoms with Crippen LogP contribution in [0.1, 0.15) is 24.1 Å². The Balaban J connectivity index is 1.88. The summed E-state index contributed by atoms with van der Waals surface area (Å²) in [6.07, 6.45) is 2.65. The maximum absolute atomic E-state index is 12.3. The standard InChI is InChI=1S/C13H13N3O3/c1-8-3-2-6-14-9(8)7-16-11(18)13(4-5-13)10(17)15-12(16)19/h2-3,6H,4-5,7H2,1H3,(H,15,17,19). The smallest absolute Gasteiger partial charge is 0.277 e. The molecule has 0 radical (unpaired) electrons. The maximum Gasteiger partial charge on any atom is 0.331 e. The lowest BCUT2D eigenvalue weighted by molar-refractivity contribution is -0.145. The summed E-state index contributed by atoms with van der Waals surface area (Å²) in [4.78, 5) is 41.0. The Hall–Kier alpha value is -2.24. The summed E-state index contributed by atoms with van der Waals surface area (Å²) >= 11 is 0. The van der Waals surface area contributed by atoms with Gasteiger partial charge < -0.3 is 0 Å². The number of aryl methyl sites for hydroxylation is 1. The molecule has 0 atom stereocenters. The Labute approximate surface area is 109 Å². The van der Waals surface area contributed by atoms with Crippen molar-refractivity contribution in [3.63, 3.8) is 0 Å². The number of pyridine rings is 1. The number of barbiturate groups is 1. The third-order valence-corrected chi connectivity index (χ3v) is 3.73. The molecule has 1 saturated carbocycles. The van der Waals surface area contributed by atoms with Crippen LogP contribution in [0.2, 0.25) is 0 Å². The Morgan fingerprint density at radius 1 is 1.37 bits per heavy atom. The van der Waals surface area contributed by atoms with Crippen molar-refractivity contribution in [1.82, 2.24) is 15.2 Å². The van der Waals surface area contributed by atoms with Gasteiger partial charge in [-0.25, -0.2) is 4.79 Å². The van der Waals surface area contributed by atoms with E-state index in [4.69, 9.17) is 0 Å². The van der Waals surface area contributed by atoms with Crippen LogP contribution >= 0.6 is 0 Å². The number of urea groups is 1. The van der Waals surface area contributed by atoms with E-state index < -0.39 is 23.3 Å². The molecule has 2 aliphatic rings. The Bertz CT molecular complexity index is 593. The topological polar surface area (TPSA) is 79.4 Å². The van der Waals surface area contributed by atoms with E-state index >= 15 is 0 Å². The van der Waals surface area contributed by atoms with Crippen LogP contribution in [0, 0.1) is 12.3 Å². The molecule has 2 heterocycles. The first-order valence-corrected chi connectivity index (χ1v) is 6.12. The monoisotopic (exact) mass is 259 g/mol. The summed E-state index contributed by atoms with van der Waals surface area (Å²) in [5.74, 6) is -0.859. The van der Waals surface area contributed by atoms with Gasteiger partial charge in [-0.2, -0.15) is 0 Å². The summed E-state index contributed by atoms with van der Waals surface area (Å²) in [6, 6.07) is 3.01. The lowest BCUT2D eigenvalue weighted by Gasteiger charge is -2.30. The Kier molecular flexibility index (Phi) is 2.41. The van der Waals surface area contributed by atoms with E-state index in [2.05, 4.69) is 10.3 Å². The normalized spacial score (nSPS) is 20.7. The van der Waals surface area contributed by atoms with Crippen LogP contribution in [0.4, 0.5) is 4.79 Å². The number of amides is 4. The van der Waals surface area contributed by atoms with Gasteiger partial charge in [0.2, 0.25) is 11.8 Å². The van der Waals surface area contributed by atoms with E-state index in [-0.39, 0.29) is 6.54 Å². The third-order valence-electron chi connectivity index (χ3n) is 3.73. The predicted octanol–water partition coefficient (Wildman–Crippen LogP) is 0.749. The highest BCUT2D eigenvalue weighted by Crippen LogP contribution is 2.49. The van der Waals surface area contributed by atoms with Crippen molar-refractivity contribution < 1.29 is 14.4 Å². The lowest BCUT2D eigenvalue weighted by atomic mass is 10.0. The van der Waals surface area contributed by atoms with Crippen LogP contribution < -0.4 is 5.32 Å². The average molecular weight is 259 g/mol. The predicted molar refractivity (Wildman–Crippen MR) is 64.7 cm³/mol. The molecule has 98 valence electrons. The molecule has 6 nitrogen and oxygen atoms in total. The molecule has 1 aromatic heterocycles. The first-order chi connectivity index (χ1) is 9.04. The number of carbonyl (C=O) groups excluding carboxylic acids is 3. The number of nitrogens with one attached hydrogen (secondary N) is 1. The minimum absolute atomic E-state index is 0.104. The van der Waals surface area contributed by atoms with Gasteiger partial charge in [-0.05, 0) is 31.4 Å². The summed E-state index contributed by atoms with van der Waals surface area (Å²) in [5.41, 5.74) is 0.581. The van der Waals surface area contributed by atoms with Gasteiger partial charge in [0.15, 0.2) is 0 Å². The first kappa shape index (κ1) is 11.8. The molecule has 1 N–H and O–H groups in total. The third kappa shape index (κ3) is 1.71. The molecule has 2 fully saturated rings. The number of hydrogen-bond donors (Lipinski definition) is 1. The van der Waals surface area contributed by atoms with Crippen molar-refractivity contribution in [3.05, 3.63) is 29.6 Å². The molecule has 1 spiro atoms. The van der Waals surface area contributed by atoms with Gasteiger partial charge in [0, 0.05) is 6.20 Å². The molecule has 1 aliphatic heterocycles. The molecule has 3 rings (SSSR count). The largest absolute Gasteiger partial charge is 0.331 e. The molecular weight excluding hydrogens is 246 g/mol. The van der Waals surface area contributed by atoms with Crippen LogP contribution in [0.25, 0.3) is 0 Å². The van der Waals surface area contributed by atoms with E-state index in [9.17, 15) is 14.4 Å². The van der Waals surface area contributed by atoms with Gasteiger partial charge in [0.1, 0.15) is 5.41 Å². The molecule has 1 aliphatic carbocycles. The van der Waals surface area contributed by atoms with Gasteiger partial charge in [-0.3, -0.25) is 24.8 Å². The highest BCUT2D eigenvalue weighted by Gasteiger charge is 2.62. The van der Waals surface area contributed by atoms with Crippen molar-refractivity contribution in [2.45, 2.75) is 26.3 Å². The summed E-state index contributed by atoms with van der Waals surface area (Å²) in [7, 11) is 0. The Morgan fingerprint density at radius 2 is 2.11 bits per heavy atom. The molecule has 1 saturated heterocycles. The number of nitrogens with zero attached hydrogens (tertiary/aromatic N) is 2. The number of carbonyl (C=O) groups is 3. The molecule has 1 aromatic rings. The molecule has 6 heteroatoms. The van der Waals surface area contributed by atoms with Crippen molar-refractivity contribution in [2.24, 2.45) is 5.41 Å². The van der Waals surface area contributed by atoms with Gasteiger partial charge in [0.05, 0.1) is 12.2 Å². The van der Waals surface area contributed by atoms with Crippen LogP contribution in [0.3, 0.4) is 0 Å². The van der Waals surface area contributed by atoms with E-state index in [1.54, 1.807) is 12.3 Å². The van der Waals surface area contributed by atoms with Gasteiger partial charge in [0.25, 0.3) is 0 Å². The van der Waals surface area contributed by atoms with E-state index in [1.165, 1.54) is 0 Å². The minimum Gasteiger partial charge on any atom is -0.277 e. The second-order valence-electron chi connectivity index (χ2n) is 5.00. The molecular formula is C13H13N3O3. The number of hydrogen-bond acceptors (Lipinski definition) is 4. The fourth-order valence-corrected chi connectivity index (χ4v) is 2.28. The van der Waals surface area contributed by atoms with Crippen LogP contribution in [-0.2, 0) is 16.1 Å². The average Bonchev–Trinajstić information content (AvgIpc) is 3.16. The van der Waals surface area contributed by atoms with Gasteiger partial charge in [-0.15, -0.1) is 0 Å². The molecule has 19 heavy (non-hydrogen) atoms. The lowest BCUT2D eigenvalue weighted by Crippen LogP contribution is -2.58. The second kappa shape index (κ2) is 3.88. The number of rotatable bonds is 2. The van der Waals surface area contributed by atoms with Gasteiger partial charge >= 0.3 is 6.03 Å². The van der Waals surface area contributed by atoms with Crippen molar-refractivity contribution >= 4 is 17.8 Å². The highest BCUT2D eigenvalue weighted by atomic mass is 16.2. The quantitative estimate of drug-likeness (QED) is 0.795. The van der Waals surface area contributed by atoms with Crippen LogP contribution in [0.15, 0.2) is 18.3 Å². The zero-order valence-corrected chi connectivity index (χ0v) is 10.5. The van der Waals surface area contributed by atoms with Crippen LogP contribution in [-0.4, -0.2) is 27.7 Å². The van der Waals surface area contributed by atoms with Crippen molar-refractivity contribution in [2.75, 3.05) is 0 Å². The van der Waals surface area contributed by atoms with Crippen LogP contribution in [0.5, 0.6) is 0 Å². The summed E-state index contributed by atoms with van der Waals surface area (Å²) in [6.45, 7) is 1.97. The fourth-order valence-electron chi connectivity index (χ4n) is 2.28. The maximum atomic E-state index is 12.3. The number of aromatic nitrogens is 1. The minimum atomic E-state index is -0.989. The number of imide groups is 2. The molecule has 0 bridgehead atoms. The molecule has 0 aromatic carbocycles. The highest BCUT2D eigenvalue weighted by molar-refractivity contribution is 6.20. The molecule has 0 unspecified atom stereocenters.